The van der Waals surface area contributed by atoms with Crippen molar-refractivity contribution in [2.45, 2.75) is 6.18 Å². The Morgan fingerprint density at radius 2 is 1.67 bits per heavy atom. The van der Waals surface area contributed by atoms with Crippen LogP contribution >= 0.6 is 0 Å². The van der Waals surface area contributed by atoms with Gasteiger partial charge in [-0.3, -0.25) is 0 Å². The molecule has 0 aliphatic carbocycles. The second-order valence-electron chi connectivity index (χ2n) is 5.94. The number of pyridine rings is 1. The van der Waals surface area contributed by atoms with Gasteiger partial charge in [0.15, 0.2) is 0 Å². The first-order valence-corrected chi connectivity index (χ1v) is 8.07. The van der Waals surface area contributed by atoms with E-state index in [1.54, 1.807) is 36.5 Å². The summed E-state index contributed by atoms with van der Waals surface area (Å²) in [6.45, 7) is 0. The van der Waals surface area contributed by atoms with Crippen LogP contribution in [0, 0.1) is 0 Å². The number of rotatable bonds is 2. The van der Waals surface area contributed by atoms with Gasteiger partial charge < -0.3 is 5.73 Å². The average Bonchev–Trinajstić information content (AvgIpc) is 2.68. The minimum atomic E-state index is -4.50. The Kier molecular flexibility index (Phi) is 3.99. The highest BCUT2D eigenvalue weighted by Gasteiger charge is 2.33. The van der Waals surface area contributed by atoms with E-state index in [-0.39, 0.29) is 11.3 Å². The highest BCUT2D eigenvalue weighted by Crippen LogP contribution is 2.39. The fraction of sp³-hybridized carbons (Fsp3) is 0.0500. The highest BCUT2D eigenvalue weighted by molar-refractivity contribution is 6.02. The number of benzene rings is 2. The lowest BCUT2D eigenvalue weighted by Gasteiger charge is -2.15. The lowest BCUT2D eigenvalue weighted by Crippen LogP contribution is -2.07. The van der Waals surface area contributed by atoms with Crippen LogP contribution < -0.4 is 5.73 Å². The quantitative estimate of drug-likeness (QED) is 0.509. The summed E-state index contributed by atoms with van der Waals surface area (Å²) in [6.07, 6.45) is -1.57. The van der Waals surface area contributed by atoms with Crippen molar-refractivity contribution < 1.29 is 13.2 Å². The van der Waals surface area contributed by atoms with Gasteiger partial charge in [-0.2, -0.15) is 13.2 Å². The third kappa shape index (κ3) is 3.08. The van der Waals surface area contributed by atoms with Gasteiger partial charge in [-0.15, -0.1) is 0 Å². The van der Waals surface area contributed by atoms with Crippen molar-refractivity contribution in [2.75, 3.05) is 5.73 Å². The summed E-state index contributed by atoms with van der Waals surface area (Å²) >= 11 is 0. The predicted octanol–water partition coefficient (Wildman–Crippen LogP) is 4.96. The summed E-state index contributed by atoms with van der Waals surface area (Å²) in [5.74, 6) is 0. The molecule has 2 aromatic heterocycles. The lowest BCUT2D eigenvalue weighted by atomic mass is 9.99. The van der Waals surface area contributed by atoms with Crippen molar-refractivity contribution in [3.05, 3.63) is 72.7 Å². The fourth-order valence-electron chi connectivity index (χ4n) is 3.02. The largest absolute Gasteiger partial charge is 0.417 e. The van der Waals surface area contributed by atoms with Crippen LogP contribution in [-0.2, 0) is 6.18 Å². The Labute approximate surface area is 152 Å². The first-order chi connectivity index (χ1) is 12.9. The molecule has 0 aliphatic rings. The van der Waals surface area contributed by atoms with E-state index in [1.807, 2.05) is 6.07 Å². The molecule has 2 aromatic carbocycles. The number of aromatic nitrogens is 3. The van der Waals surface area contributed by atoms with Gasteiger partial charge in [-0.25, -0.2) is 15.0 Å². The summed E-state index contributed by atoms with van der Waals surface area (Å²) in [5.41, 5.74) is 6.93. The van der Waals surface area contributed by atoms with Crippen molar-refractivity contribution in [1.82, 2.24) is 15.0 Å². The molecule has 0 saturated heterocycles. The lowest BCUT2D eigenvalue weighted by molar-refractivity contribution is -0.137. The van der Waals surface area contributed by atoms with Crippen molar-refractivity contribution >= 4 is 16.5 Å². The SMILES string of the molecule is Nc1cccc2c(-c3ccncn3)nc(-c3ccccc3C(F)(F)F)cc12. The zero-order chi connectivity index (χ0) is 19.0. The van der Waals surface area contributed by atoms with E-state index in [1.165, 1.54) is 18.5 Å². The molecule has 2 N–H and O–H groups in total. The summed E-state index contributed by atoms with van der Waals surface area (Å²) in [7, 11) is 0. The normalized spacial score (nSPS) is 11.7. The summed E-state index contributed by atoms with van der Waals surface area (Å²) in [4.78, 5) is 12.6. The molecule has 0 bridgehead atoms. The summed E-state index contributed by atoms with van der Waals surface area (Å²) in [5, 5.41) is 1.33. The van der Waals surface area contributed by atoms with Crippen LogP contribution in [0.3, 0.4) is 0 Å². The second-order valence-corrected chi connectivity index (χ2v) is 5.94. The Hall–Kier alpha value is -3.48. The molecule has 0 spiro atoms. The molecular formula is C20H13F3N4. The number of halogens is 3. The molecule has 4 rings (SSSR count). The summed E-state index contributed by atoms with van der Waals surface area (Å²) < 4.78 is 40.4. The second kappa shape index (κ2) is 6.35. The van der Waals surface area contributed by atoms with E-state index in [4.69, 9.17) is 5.73 Å². The van der Waals surface area contributed by atoms with Crippen molar-refractivity contribution in [1.29, 1.82) is 0 Å². The van der Waals surface area contributed by atoms with E-state index >= 15 is 0 Å². The van der Waals surface area contributed by atoms with Gasteiger partial charge in [-0.05, 0) is 24.3 Å². The number of alkyl halides is 3. The van der Waals surface area contributed by atoms with Gasteiger partial charge in [0.25, 0.3) is 0 Å². The first kappa shape index (κ1) is 17.0. The van der Waals surface area contributed by atoms with Crippen molar-refractivity contribution in [2.24, 2.45) is 0 Å². The van der Waals surface area contributed by atoms with Gasteiger partial charge >= 0.3 is 6.18 Å². The van der Waals surface area contributed by atoms with E-state index in [2.05, 4.69) is 15.0 Å². The molecule has 134 valence electrons. The van der Waals surface area contributed by atoms with Gasteiger partial charge in [-0.1, -0.05) is 30.3 Å². The Morgan fingerprint density at radius 1 is 0.852 bits per heavy atom. The minimum absolute atomic E-state index is 0.00883. The number of fused-ring (bicyclic) bond motifs is 1. The van der Waals surface area contributed by atoms with Crippen LogP contribution in [0.1, 0.15) is 5.56 Å². The van der Waals surface area contributed by atoms with Gasteiger partial charge in [0.1, 0.15) is 6.33 Å². The zero-order valence-electron chi connectivity index (χ0n) is 13.9. The molecule has 0 fully saturated rings. The van der Waals surface area contributed by atoms with E-state index in [0.29, 0.717) is 27.8 Å². The molecule has 27 heavy (non-hydrogen) atoms. The average molecular weight is 366 g/mol. The van der Waals surface area contributed by atoms with Crippen LogP contribution in [-0.4, -0.2) is 15.0 Å². The van der Waals surface area contributed by atoms with Crippen molar-refractivity contribution in [3.63, 3.8) is 0 Å². The van der Waals surface area contributed by atoms with Gasteiger partial charge in [0.2, 0.25) is 0 Å². The Morgan fingerprint density at radius 3 is 2.41 bits per heavy atom. The van der Waals surface area contributed by atoms with E-state index in [9.17, 15) is 13.2 Å². The molecule has 4 aromatic rings. The maximum absolute atomic E-state index is 13.5. The molecule has 0 unspecified atom stereocenters. The maximum Gasteiger partial charge on any atom is 0.417 e. The number of anilines is 1. The fourth-order valence-corrected chi connectivity index (χ4v) is 3.02. The van der Waals surface area contributed by atoms with Crippen LogP contribution in [0.15, 0.2) is 67.1 Å². The Balaban J connectivity index is 2.06. The number of hydrogen-bond donors (Lipinski definition) is 1. The van der Waals surface area contributed by atoms with Gasteiger partial charge in [0.05, 0.1) is 22.6 Å². The third-order valence-electron chi connectivity index (χ3n) is 4.24. The van der Waals surface area contributed by atoms with Crippen molar-refractivity contribution in [3.8, 4) is 22.6 Å². The molecule has 7 heteroatoms. The molecule has 0 amide bonds. The number of nitrogen functional groups attached to an aromatic ring is 1. The van der Waals surface area contributed by atoms with Crippen LogP contribution in [0.25, 0.3) is 33.4 Å². The molecule has 2 heterocycles. The third-order valence-corrected chi connectivity index (χ3v) is 4.24. The molecular weight excluding hydrogens is 353 g/mol. The smallest absolute Gasteiger partial charge is 0.398 e. The van der Waals surface area contributed by atoms with Crippen LogP contribution in [0.2, 0.25) is 0 Å². The van der Waals surface area contributed by atoms with Crippen LogP contribution in [0.5, 0.6) is 0 Å². The Bertz CT molecular complexity index is 1130. The standard InChI is InChI=1S/C20H13F3N4/c21-20(22,23)15-6-2-1-4-13(15)18-10-14-12(5-3-7-16(14)24)19(27-18)17-8-9-25-11-26-17/h1-11H,24H2. The monoisotopic (exact) mass is 366 g/mol. The maximum atomic E-state index is 13.5. The summed E-state index contributed by atoms with van der Waals surface area (Å²) in [6, 6.07) is 13.9. The number of nitrogens with zero attached hydrogens (tertiary/aromatic N) is 3. The first-order valence-electron chi connectivity index (χ1n) is 8.07. The number of nitrogens with two attached hydrogens (primary N) is 1. The highest BCUT2D eigenvalue weighted by atomic mass is 19.4. The molecule has 0 radical (unpaired) electrons. The predicted molar refractivity (Wildman–Crippen MR) is 97.6 cm³/mol. The molecule has 0 aliphatic heterocycles. The van der Waals surface area contributed by atoms with E-state index in [0.717, 1.165) is 6.07 Å². The zero-order valence-corrected chi connectivity index (χ0v) is 13.9. The molecule has 0 atom stereocenters. The topological polar surface area (TPSA) is 64.7 Å². The van der Waals surface area contributed by atoms with E-state index < -0.39 is 11.7 Å². The molecule has 0 saturated carbocycles. The van der Waals surface area contributed by atoms with Gasteiger partial charge in [0, 0.05) is 28.2 Å². The number of hydrogen-bond acceptors (Lipinski definition) is 4. The van der Waals surface area contributed by atoms with Crippen LogP contribution in [0.4, 0.5) is 18.9 Å². The minimum Gasteiger partial charge on any atom is -0.398 e. The molecule has 4 nitrogen and oxygen atoms in total.